The van der Waals surface area contributed by atoms with E-state index in [9.17, 15) is 4.79 Å². The summed E-state index contributed by atoms with van der Waals surface area (Å²) in [5.74, 6) is 2.21. The molecule has 2 rings (SSSR count). The first-order valence-electron chi connectivity index (χ1n) is 10.1. The van der Waals surface area contributed by atoms with E-state index in [1.807, 2.05) is 31.2 Å². The minimum atomic E-state index is -0.0665. The molecule has 28 heavy (non-hydrogen) atoms. The molecule has 0 radical (unpaired) electrons. The SMILES string of the molecule is CCNC(=NCc1cccc(OCC(=O)N(C)C)c1)NCCCOCC1CC1. The van der Waals surface area contributed by atoms with Crippen LogP contribution in [-0.2, 0) is 16.1 Å². The standard InChI is InChI=1S/C21H34N4O3/c1-4-22-21(23-11-6-12-27-15-17-9-10-17)24-14-18-7-5-8-19(13-18)28-16-20(26)25(2)3/h5,7-8,13,17H,4,6,9-12,14-16H2,1-3H3,(H2,22,23,24). The van der Waals surface area contributed by atoms with Gasteiger partial charge in [0, 0.05) is 40.4 Å². The van der Waals surface area contributed by atoms with E-state index in [-0.39, 0.29) is 12.5 Å². The highest BCUT2D eigenvalue weighted by atomic mass is 16.5. The van der Waals surface area contributed by atoms with Crippen LogP contribution in [0.3, 0.4) is 0 Å². The predicted octanol–water partition coefficient (Wildman–Crippen LogP) is 2.03. The number of ether oxygens (including phenoxy) is 2. The number of likely N-dealkylation sites (N-methyl/N-ethyl adjacent to an activating group) is 1. The lowest BCUT2D eigenvalue weighted by molar-refractivity contribution is -0.130. The van der Waals surface area contributed by atoms with Gasteiger partial charge in [0.2, 0.25) is 0 Å². The van der Waals surface area contributed by atoms with Crippen LogP contribution < -0.4 is 15.4 Å². The van der Waals surface area contributed by atoms with Gasteiger partial charge < -0.3 is 25.0 Å². The Hall–Kier alpha value is -2.28. The van der Waals surface area contributed by atoms with E-state index in [1.54, 1.807) is 14.1 Å². The smallest absolute Gasteiger partial charge is 0.259 e. The molecule has 1 amide bonds. The molecule has 0 heterocycles. The number of hydrogen-bond acceptors (Lipinski definition) is 4. The molecule has 0 aromatic heterocycles. The van der Waals surface area contributed by atoms with Gasteiger partial charge in [-0.25, -0.2) is 4.99 Å². The van der Waals surface area contributed by atoms with Crippen LogP contribution in [-0.4, -0.2) is 63.8 Å². The second kappa shape index (κ2) is 12.2. The highest BCUT2D eigenvalue weighted by molar-refractivity contribution is 5.79. The van der Waals surface area contributed by atoms with Gasteiger partial charge in [0.05, 0.1) is 6.54 Å². The molecule has 0 spiro atoms. The first kappa shape index (κ1) is 22.0. The molecule has 0 aliphatic heterocycles. The summed E-state index contributed by atoms with van der Waals surface area (Å²) in [4.78, 5) is 17.8. The third kappa shape index (κ3) is 9.08. The van der Waals surface area contributed by atoms with E-state index in [1.165, 1.54) is 17.7 Å². The Bertz CT molecular complexity index is 630. The van der Waals surface area contributed by atoms with Crippen molar-refractivity contribution >= 4 is 11.9 Å². The number of carbonyl (C=O) groups is 1. The number of benzene rings is 1. The number of rotatable bonds is 12. The molecule has 156 valence electrons. The Labute approximate surface area is 168 Å². The number of carbonyl (C=O) groups excluding carboxylic acids is 1. The summed E-state index contributed by atoms with van der Waals surface area (Å²) >= 11 is 0. The zero-order chi connectivity index (χ0) is 20.2. The van der Waals surface area contributed by atoms with Crippen molar-refractivity contribution in [2.75, 3.05) is 47.0 Å². The van der Waals surface area contributed by atoms with Gasteiger partial charge in [0.1, 0.15) is 5.75 Å². The molecule has 0 bridgehead atoms. The molecule has 1 aromatic rings. The third-order valence-corrected chi connectivity index (χ3v) is 4.33. The summed E-state index contributed by atoms with van der Waals surface area (Å²) in [6.45, 7) is 5.94. The molecule has 0 unspecified atom stereocenters. The van der Waals surface area contributed by atoms with E-state index >= 15 is 0 Å². The molecule has 0 atom stereocenters. The molecule has 1 aliphatic carbocycles. The van der Waals surface area contributed by atoms with Gasteiger partial charge in [0.25, 0.3) is 5.91 Å². The molecule has 2 N–H and O–H groups in total. The Balaban J connectivity index is 1.75. The number of amides is 1. The normalized spacial score (nSPS) is 13.9. The lowest BCUT2D eigenvalue weighted by Crippen LogP contribution is -2.38. The first-order chi connectivity index (χ1) is 13.6. The van der Waals surface area contributed by atoms with Crippen molar-refractivity contribution in [2.45, 2.75) is 32.7 Å². The van der Waals surface area contributed by atoms with Gasteiger partial charge in [-0.3, -0.25) is 4.79 Å². The van der Waals surface area contributed by atoms with Crippen molar-refractivity contribution in [1.82, 2.24) is 15.5 Å². The Morgan fingerprint density at radius 2 is 2.11 bits per heavy atom. The van der Waals surface area contributed by atoms with Crippen molar-refractivity contribution in [3.63, 3.8) is 0 Å². The molecular weight excluding hydrogens is 356 g/mol. The van der Waals surface area contributed by atoms with Crippen LogP contribution in [0.25, 0.3) is 0 Å². The van der Waals surface area contributed by atoms with Crippen LogP contribution in [0.2, 0.25) is 0 Å². The number of aliphatic imine (C=N–C) groups is 1. The zero-order valence-electron chi connectivity index (χ0n) is 17.4. The summed E-state index contributed by atoms with van der Waals surface area (Å²) in [5, 5.41) is 6.60. The number of nitrogens with zero attached hydrogens (tertiary/aromatic N) is 2. The van der Waals surface area contributed by atoms with Crippen LogP contribution in [0, 0.1) is 5.92 Å². The van der Waals surface area contributed by atoms with Crippen LogP contribution in [0.4, 0.5) is 0 Å². The lowest BCUT2D eigenvalue weighted by atomic mass is 10.2. The molecule has 1 saturated carbocycles. The molecule has 1 aromatic carbocycles. The van der Waals surface area contributed by atoms with Crippen LogP contribution in [0.1, 0.15) is 31.7 Å². The monoisotopic (exact) mass is 390 g/mol. The second-order valence-corrected chi connectivity index (χ2v) is 7.22. The Morgan fingerprint density at radius 1 is 1.29 bits per heavy atom. The molecule has 0 saturated heterocycles. The van der Waals surface area contributed by atoms with E-state index in [2.05, 4.69) is 15.6 Å². The van der Waals surface area contributed by atoms with Crippen LogP contribution in [0.15, 0.2) is 29.3 Å². The summed E-state index contributed by atoms with van der Waals surface area (Å²) < 4.78 is 11.2. The minimum Gasteiger partial charge on any atom is -0.484 e. The van der Waals surface area contributed by atoms with Crippen molar-refractivity contribution < 1.29 is 14.3 Å². The molecule has 7 heteroatoms. The largest absolute Gasteiger partial charge is 0.484 e. The fraction of sp³-hybridized carbons (Fsp3) is 0.619. The van der Waals surface area contributed by atoms with Gasteiger partial charge in [-0.2, -0.15) is 0 Å². The van der Waals surface area contributed by atoms with Gasteiger partial charge in [-0.1, -0.05) is 12.1 Å². The first-order valence-corrected chi connectivity index (χ1v) is 10.1. The maximum Gasteiger partial charge on any atom is 0.259 e. The Kier molecular flexibility index (Phi) is 9.62. The topological polar surface area (TPSA) is 75.2 Å². The molecule has 1 aliphatic rings. The van der Waals surface area contributed by atoms with Crippen molar-refractivity contribution in [1.29, 1.82) is 0 Å². The fourth-order valence-electron chi connectivity index (χ4n) is 2.44. The second-order valence-electron chi connectivity index (χ2n) is 7.22. The third-order valence-electron chi connectivity index (χ3n) is 4.33. The minimum absolute atomic E-state index is 0.0345. The van der Waals surface area contributed by atoms with Crippen LogP contribution >= 0.6 is 0 Å². The van der Waals surface area contributed by atoms with Gasteiger partial charge in [0.15, 0.2) is 12.6 Å². The maximum atomic E-state index is 11.6. The highest BCUT2D eigenvalue weighted by Gasteiger charge is 2.20. The van der Waals surface area contributed by atoms with Crippen LogP contribution in [0.5, 0.6) is 5.75 Å². The quantitative estimate of drug-likeness (QED) is 0.324. The highest BCUT2D eigenvalue weighted by Crippen LogP contribution is 2.28. The molecule has 7 nitrogen and oxygen atoms in total. The van der Waals surface area contributed by atoms with E-state index in [0.717, 1.165) is 50.2 Å². The summed E-state index contributed by atoms with van der Waals surface area (Å²) in [7, 11) is 3.43. The number of guanidine groups is 1. The Morgan fingerprint density at radius 3 is 2.82 bits per heavy atom. The maximum absolute atomic E-state index is 11.6. The molecule has 1 fully saturated rings. The predicted molar refractivity (Wildman–Crippen MR) is 112 cm³/mol. The summed E-state index contributed by atoms with van der Waals surface area (Å²) in [5.41, 5.74) is 1.03. The summed E-state index contributed by atoms with van der Waals surface area (Å²) in [6.07, 6.45) is 3.61. The lowest BCUT2D eigenvalue weighted by Gasteiger charge is -2.13. The van der Waals surface area contributed by atoms with Gasteiger partial charge >= 0.3 is 0 Å². The van der Waals surface area contributed by atoms with E-state index < -0.39 is 0 Å². The average molecular weight is 391 g/mol. The van der Waals surface area contributed by atoms with Gasteiger partial charge in [-0.05, 0) is 49.8 Å². The molecular formula is C21H34N4O3. The zero-order valence-corrected chi connectivity index (χ0v) is 17.4. The van der Waals surface area contributed by atoms with E-state index in [4.69, 9.17) is 9.47 Å². The average Bonchev–Trinajstić information content (AvgIpc) is 3.51. The van der Waals surface area contributed by atoms with Crippen molar-refractivity contribution in [2.24, 2.45) is 10.9 Å². The van der Waals surface area contributed by atoms with Crippen molar-refractivity contribution in [3.05, 3.63) is 29.8 Å². The fourth-order valence-corrected chi connectivity index (χ4v) is 2.44. The summed E-state index contributed by atoms with van der Waals surface area (Å²) in [6, 6.07) is 7.68. The van der Waals surface area contributed by atoms with Gasteiger partial charge in [-0.15, -0.1) is 0 Å². The van der Waals surface area contributed by atoms with Crippen molar-refractivity contribution in [3.8, 4) is 5.75 Å². The number of nitrogens with one attached hydrogen (secondary N) is 2. The number of hydrogen-bond donors (Lipinski definition) is 2. The van der Waals surface area contributed by atoms with E-state index in [0.29, 0.717) is 12.3 Å².